The van der Waals surface area contributed by atoms with Gasteiger partial charge in [-0.1, -0.05) is 158 Å². The van der Waals surface area contributed by atoms with Crippen LogP contribution in [-0.2, 0) is 0 Å². The maximum absolute atomic E-state index is 5.09. The van der Waals surface area contributed by atoms with Crippen molar-refractivity contribution in [1.82, 2.24) is 19.5 Å². The average Bonchev–Trinajstić information content (AvgIpc) is 3.53. The molecule has 0 N–H and O–H groups in total. The molecule has 0 saturated heterocycles. The lowest BCUT2D eigenvalue weighted by Gasteiger charge is -2.16. The number of aromatic nitrogens is 4. The van der Waals surface area contributed by atoms with E-state index in [2.05, 4.69) is 126 Å². The Morgan fingerprint density at radius 3 is 1.37 bits per heavy atom. The van der Waals surface area contributed by atoms with Gasteiger partial charge < -0.3 is 4.57 Å². The second-order valence-corrected chi connectivity index (χ2v) is 12.0. The van der Waals surface area contributed by atoms with Crippen LogP contribution in [0.5, 0.6) is 0 Å². The van der Waals surface area contributed by atoms with Gasteiger partial charge in [0.05, 0.1) is 11.0 Å². The minimum atomic E-state index is 0.636. The van der Waals surface area contributed by atoms with Crippen LogP contribution in [0.3, 0.4) is 0 Å². The molecule has 2 aromatic heterocycles. The van der Waals surface area contributed by atoms with Crippen molar-refractivity contribution >= 4 is 21.8 Å². The summed E-state index contributed by atoms with van der Waals surface area (Å²) < 4.78 is 2.37. The van der Waals surface area contributed by atoms with Gasteiger partial charge in [0.15, 0.2) is 17.5 Å². The van der Waals surface area contributed by atoms with Gasteiger partial charge in [0.1, 0.15) is 0 Å². The molecule has 0 aliphatic carbocycles. The van der Waals surface area contributed by atoms with E-state index in [1.165, 1.54) is 27.4 Å². The zero-order valence-electron chi connectivity index (χ0n) is 26.6. The number of hydrogen-bond acceptors (Lipinski definition) is 3. The molecule has 230 valence electrons. The molecule has 0 bridgehead atoms. The Morgan fingerprint density at radius 2 is 0.735 bits per heavy atom. The lowest BCUT2D eigenvalue weighted by Crippen LogP contribution is -2.01. The number of hydrogen-bond donors (Lipinski definition) is 0. The molecule has 0 aliphatic heterocycles. The van der Waals surface area contributed by atoms with Crippen molar-refractivity contribution in [1.29, 1.82) is 0 Å². The van der Waals surface area contributed by atoms with Crippen molar-refractivity contribution in [2.75, 3.05) is 0 Å². The van der Waals surface area contributed by atoms with Crippen molar-refractivity contribution in [3.63, 3.8) is 0 Å². The third-order valence-electron chi connectivity index (χ3n) is 9.09. The quantitative estimate of drug-likeness (QED) is 0.184. The first-order chi connectivity index (χ1) is 24.3. The molecular weight excluding hydrogens is 597 g/mol. The lowest BCUT2D eigenvalue weighted by atomic mass is 9.89. The Balaban J connectivity index is 1.28. The SMILES string of the molecule is c1ccc(-c2nc(-c3ccccc3)nc(-c3ccccc3-c3ccccc3-c3cccc4c3c3ccccc3n4-c3ccccc3)n2)cc1. The van der Waals surface area contributed by atoms with Gasteiger partial charge in [-0.25, -0.2) is 15.0 Å². The fourth-order valence-corrected chi connectivity index (χ4v) is 6.89. The molecule has 9 rings (SSSR count). The summed E-state index contributed by atoms with van der Waals surface area (Å²) in [7, 11) is 0. The summed E-state index contributed by atoms with van der Waals surface area (Å²) in [6, 6.07) is 63.3. The molecule has 7 aromatic carbocycles. The fraction of sp³-hybridized carbons (Fsp3) is 0. The molecule has 4 heteroatoms. The van der Waals surface area contributed by atoms with Crippen molar-refractivity contribution in [2.45, 2.75) is 0 Å². The highest BCUT2D eigenvalue weighted by molar-refractivity contribution is 6.17. The highest BCUT2D eigenvalue weighted by Crippen LogP contribution is 2.43. The largest absolute Gasteiger partial charge is 0.309 e. The summed E-state index contributed by atoms with van der Waals surface area (Å²) in [5, 5.41) is 2.45. The van der Waals surface area contributed by atoms with E-state index < -0.39 is 0 Å². The van der Waals surface area contributed by atoms with Crippen molar-refractivity contribution in [3.8, 4) is 62.1 Å². The van der Waals surface area contributed by atoms with Crippen molar-refractivity contribution < 1.29 is 0 Å². The molecule has 0 saturated carbocycles. The minimum absolute atomic E-state index is 0.636. The van der Waals surface area contributed by atoms with Crippen LogP contribution in [0.2, 0.25) is 0 Å². The number of rotatable bonds is 6. The molecule has 49 heavy (non-hydrogen) atoms. The summed E-state index contributed by atoms with van der Waals surface area (Å²) in [6.45, 7) is 0. The topological polar surface area (TPSA) is 43.6 Å². The Bertz CT molecular complexity index is 2530. The van der Waals surface area contributed by atoms with Gasteiger partial charge in [-0.05, 0) is 46.5 Å². The van der Waals surface area contributed by atoms with E-state index in [9.17, 15) is 0 Å². The van der Waals surface area contributed by atoms with Gasteiger partial charge in [0.2, 0.25) is 0 Å². The van der Waals surface area contributed by atoms with E-state index in [1.54, 1.807) is 0 Å². The van der Waals surface area contributed by atoms with E-state index >= 15 is 0 Å². The molecule has 4 nitrogen and oxygen atoms in total. The van der Waals surface area contributed by atoms with Crippen LogP contribution in [0.25, 0.3) is 83.9 Å². The fourth-order valence-electron chi connectivity index (χ4n) is 6.89. The average molecular weight is 627 g/mol. The third kappa shape index (κ3) is 5.07. The number of benzene rings is 7. The van der Waals surface area contributed by atoms with Crippen molar-refractivity contribution in [2.24, 2.45) is 0 Å². The van der Waals surface area contributed by atoms with Crippen LogP contribution in [0, 0.1) is 0 Å². The number of nitrogens with zero attached hydrogens (tertiary/aromatic N) is 4. The monoisotopic (exact) mass is 626 g/mol. The Morgan fingerprint density at radius 1 is 0.306 bits per heavy atom. The normalized spacial score (nSPS) is 11.3. The van der Waals surface area contributed by atoms with Crippen LogP contribution in [0.4, 0.5) is 0 Å². The molecule has 0 unspecified atom stereocenters. The van der Waals surface area contributed by atoms with Gasteiger partial charge in [0.25, 0.3) is 0 Å². The molecular formula is C45H30N4. The predicted molar refractivity (Wildman–Crippen MR) is 201 cm³/mol. The van der Waals surface area contributed by atoms with Crippen LogP contribution >= 0.6 is 0 Å². The summed E-state index contributed by atoms with van der Waals surface area (Å²) in [4.78, 5) is 15.1. The van der Waals surface area contributed by atoms with Gasteiger partial charge in [-0.15, -0.1) is 0 Å². The van der Waals surface area contributed by atoms with E-state index in [4.69, 9.17) is 15.0 Å². The molecule has 0 radical (unpaired) electrons. The van der Waals surface area contributed by atoms with Gasteiger partial charge >= 0.3 is 0 Å². The summed E-state index contributed by atoms with van der Waals surface area (Å²) >= 11 is 0. The highest BCUT2D eigenvalue weighted by Gasteiger charge is 2.20. The van der Waals surface area contributed by atoms with Crippen molar-refractivity contribution in [3.05, 3.63) is 182 Å². The maximum atomic E-state index is 5.09. The minimum Gasteiger partial charge on any atom is -0.309 e. The Kier molecular flexibility index (Phi) is 7.10. The first-order valence-corrected chi connectivity index (χ1v) is 16.5. The predicted octanol–water partition coefficient (Wildman–Crippen LogP) is 11.3. The van der Waals surface area contributed by atoms with E-state index in [0.29, 0.717) is 17.5 Å². The standard InChI is InChI=1S/C45H30N4/c1-4-17-31(18-5-1)43-46-44(32-19-6-2-7-20-32)48-45(47-43)38-26-13-12-25-36(38)34-23-10-11-24-35(34)37-28-16-30-41-42(37)39-27-14-15-29-40(39)49(41)33-21-8-3-9-22-33/h1-30H. The second kappa shape index (κ2) is 12.2. The van der Waals surface area contributed by atoms with Crippen LogP contribution in [-0.4, -0.2) is 19.5 Å². The third-order valence-corrected chi connectivity index (χ3v) is 9.09. The number of fused-ring (bicyclic) bond motifs is 3. The first kappa shape index (κ1) is 28.6. The van der Waals surface area contributed by atoms with Crippen LogP contribution < -0.4 is 0 Å². The first-order valence-electron chi connectivity index (χ1n) is 16.5. The maximum Gasteiger partial charge on any atom is 0.164 e. The highest BCUT2D eigenvalue weighted by atomic mass is 15.0. The molecule has 0 amide bonds. The molecule has 9 aromatic rings. The Hall–Kier alpha value is -6.65. The smallest absolute Gasteiger partial charge is 0.164 e. The zero-order valence-corrected chi connectivity index (χ0v) is 26.6. The molecule has 2 heterocycles. The summed E-state index contributed by atoms with van der Waals surface area (Å²) in [6.07, 6.45) is 0. The number of para-hydroxylation sites is 2. The lowest BCUT2D eigenvalue weighted by molar-refractivity contribution is 1.07. The van der Waals surface area contributed by atoms with Gasteiger partial charge in [0, 0.05) is 33.2 Å². The molecule has 0 spiro atoms. The van der Waals surface area contributed by atoms with Gasteiger partial charge in [-0.2, -0.15) is 0 Å². The van der Waals surface area contributed by atoms with Crippen LogP contribution in [0.15, 0.2) is 182 Å². The van der Waals surface area contributed by atoms with E-state index in [1.807, 2.05) is 60.7 Å². The van der Waals surface area contributed by atoms with Crippen LogP contribution in [0.1, 0.15) is 0 Å². The van der Waals surface area contributed by atoms with E-state index in [0.717, 1.165) is 39.1 Å². The molecule has 0 aliphatic rings. The summed E-state index contributed by atoms with van der Waals surface area (Å²) in [5.41, 5.74) is 10.8. The zero-order chi connectivity index (χ0) is 32.6. The Labute approximate surface area is 284 Å². The second-order valence-electron chi connectivity index (χ2n) is 12.0. The van der Waals surface area contributed by atoms with E-state index in [-0.39, 0.29) is 0 Å². The molecule has 0 fully saturated rings. The summed E-state index contributed by atoms with van der Waals surface area (Å²) in [5.74, 6) is 1.93. The van der Waals surface area contributed by atoms with Gasteiger partial charge in [-0.3, -0.25) is 0 Å². The molecule has 0 atom stereocenters.